The molecule has 0 aromatic carbocycles. The van der Waals surface area contributed by atoms with Gasteiger partial charge in [0.2, 0.25) is 0 Å². The fourth-order valence-corrected chi connectivity index (χ4v) is 0. The maximum Gasteiger partial charge on any atom is 0.0383 e. The van der Waals surface area contributed by atoms with E-state index in [1.165, 1.54) is 0 Å². The molecule has 0 atom stereocenters. The van der Waals surface area contributed by atoms with Gasteiger partial charge >= 0.3 is 0 Å². The number of carbonyl (C=O) groups excluding carboxylic acids is 3. The number of aliphatic carboxylic acids is 2. The van der Waals surface area contributed by atoms with E-state index in [0.717, 1.165) is 13.8 Å². The zero-order valence-electron chi connectivity index (χ0n) is 6.03. The van der Waals surface area contributed by atoms with Crippen LogP contribution in [0.2, 0.25) is 0 Å². The van der Waals surface area contributed by atoms with Crippen LogP contribution in [0.1, 0.15) is 13.8 Å². The zero-order valence-corrected chi connectivity index (χ0v) is 6.03. The number of hydrogen-bond donors (Lipinski definition) is 0. The molecule has 0 radical (unpaired) electrons. The highest BCUT2D eigenvalue weighted by atomic mass is 16.4. The van der Waals surface area contributed by atoms with Crippen LogP contribution in [0.5, 0.6) is 0 Å². The Bertz CT molecular complexity index is 98.1. The minimum atomic E-state index is -1.08. The van der Waals surface area contributed by atoms with Crippen molar-refractivity contribution in [2.75, 3.05) is 0 Å². The van der Waals surface area contributed by atoms with Gasteiger partial charge in [0, 0.05) is 18.4 Å². The lowest BCUT2D eigenvalue weighted by Crippen LogP contribution is -2.16. The second kappa shape index (κ2) is 15.8. The van der Waals surface area contributed by atoms with Crippen LogP contribution >= 0.6 is 0 Å². The van der Waals surface area contributed by atoms with Crippen LogP contribution in [0.4, 0.5) is 0 Å². The summed E-state index contributed by atoms with van der Waals surface area (Å²) in [6.45, 7) is 1.44. The van der Waals surface area contributed by atoms with Crippen LogP contribution in [0.25, 0.3) is 0 Å². The third-order valence-corrected chi connectivity index (χ3v) is 0. The Morgan fingerprint density at radius 1 is 1.09 bits per heavy atom. The average Bonchev–Trinajstić information content (AvgIpc) is 1.60. The van der Waals surface area contributed by atoms with Crippen molar-refractivity contribution in [3.05, 3.63) is 0 Å². The van der Waals surface area contributed by atoms with Crippen molar-refractivity contribution < 1.29 is 29.7 Å². The Morgan fingerprint density at radius 3 is 1.09 bits per heavy atom. The Hall–Kier alpha value is -1.59. The summed E-state index contributed by atoms with van der Waals surface area (Å²) in [6.07, 6.45) is 0. The van der Waals surface area contributed by atoms with Gasteiger partial charge in [0.15, 0.2) is 0 Å². The molecule has 0 aromatic rings. The molecule has 0 fully saturated rings. The number of carbonyl (C=O) groups is 3. The molecule has 0 saturated heterocycles. The van der Waals surface area contributed by atoms with E-state index in [-0.39, 0.29) is 0 Å². The van der Waals surface area contributed by atoms with Gasteiger partial charge in [-0.05, 0) is 13.8 Å². The summed E-state index contributed by atoms with van der Waals surface area (Å²) in [5.74, 6) is -2.17. The molecule has 0 saturated carbocycles. The molecule has 6 heteroatoms. The lowest BCUT2D eigenvalue weighted by Gasteiger charge is -1.77. The maximum absolute atomic E-state index is 8.89. The first kappa shape index (κ1) is 16.2. The standard InChI is InChI=1S/2C2H4O2.CH2O2/c2*1-2(3)4;2-1-3/h2*1H3,(H,3,4);1H,(H,2,3)/p-3. The van der Waals surface area contributed by atoms with Gasteiger partial charge in [0.1, 0.15) is 0 Å². The maximum atomic E-state index is 8.89. The predicted molar refractivity (Wildman–Crippen MR) is 27.4 cm³/mol. The minimum Gasteiger partial charge on any atom is -0.554 e. The van der Waals surface area contributed by atoms with E-state index in [2.05, 4.69) is 0 Å². The molecule has 0 unspecified atom stereocenters. The largest absolute Gasteiger partial charge is 0.554 e. The van der Waals surface area contributed by atoms with E-state index in [1.807, 2.05) is 0 Å². The Morgan fingerprint density at radius 2 is 1.09 bits per heavy atom. The third-order valence-electron chi connectivity index (χ3n) is 0. The number of rotatable bonds is 0. The summed E-state index contributed by atoms with van der Waals surface area (Å²) < 4.78 is 0. The second-order valence-electron chi connectivity index (χ2n) is 1.08. The number of carboxylic acid groups (broad SMARTS) is 3. The first-order valence-electron chi connectivity index (χ1n) is 2.29. The van der Waals surface area contributed by atoms with Crippen molar-refractivity contribution >= 4 is 18.4 Å². The lowest BCUT2D eigenvalue weighted by atomic mass is 10.9. The highest BCUT2D eigenvalue weighted by Gasteiger charge is 1.46. The summed E-state index contributed by atoms with van der Waals surface area (Å²) in [4.78, 5) is 26.0. The molecular formula is C5H7O6-3. The highest BCUT2D eigenvalue weighted by molar-refractivity contribution is 5.60. The van der Waals surface area contributed by atoms with Crippen molar-refractivity contribution in [1.29, 1.82) is 0 Å². The fourth-order valence-electron chi connectivity index (χ4n) is 0. The highest BCUT2D eigenvalue weighted by Crippen LogP contribution is 1.31. The molecule has 0 aromatic heterocycles. The number of carboxylic acids is 2. The number of hydrogen-bond acceptors (Lipinski definition) is 6. The van der Waals surface area contributed by atoms with Crippen LogP contribution in [0.3, 0.4) is 0 Å². The van der Waals surface area contributed by atoms with Gasteiger partial charge < -0.3 is 29.7 Å². The molecule has 0 aliphatic carbocycles. The van der Waals surface area contributed by atoms with E-state index in [4.69, 9.17) is 29.7 Å². The quantitative estimate of drug-likeness (QED) is 0.334. The van der Waals surface area contributed by atoms with Gasteiger partial charge in [-0.2, -0.15) is 0 Å². The molecule has 6 nitrogen and oxygen atoms in total. The van der Waals surface area contributed by atoms with E-state index < -0.39 is 18.4 Å². The van der Waals surface area contributed by atoms with Crippen molar-refractivity contribution in [3.8, 4) is 0 Å². The topological polar surface area (TPSA) is 120 Å². The molecule has 0 heterocycles. The molecule has 0 aliphatic rings. The molecule has 0 amide bonds. The van der Waals surface area contributed by atoms with E-state index >= 15 is 0 Å². The summed E-state index contributed by atoms with van der Waals surface area (Å²) in [6, 6.07) is 0. The van der Waals surface area contributed by atoms with Gasteiger partial charge in [-0.15, -0.1) is 0 Å². The Kier molecular flexibility index (Phi) is 23.2. The first-order valence-corrected chi connectivity index (χ1v) is 2.29. The van der Waals surface area contributed by atoms with Crippen LogP contribution < -0.4 is 15.3 Å². The molecule has 0 spiro atoms. The van der Waals surface area contributed by atoms with E-state index in [9.17, 15) is 0 Å². The molecule has 11 heavy (non-hydrogen) atoms. The molecule has 66 valence electrons. The van der Waals surface area contributed by atoms with Gasteiger partial charge in [0.25, 0.3) is 0 Å². The van der Waals surface area contributed by atoms with E-state index in [0.29, 0.717) is 0 Å². The van der Waals surface area contributed by atoms with Gasteiger partial charge in [-0.1, -0.05) is 0 Å². The van der Waals surface area contributed by atoms with E-state index in [1.54, 1.807) is 0 Å². The SMILES string of the molecule is CC(=O)[O-].CC(=O)[O-].O=C[O-]. The molecule has 0 bridgehead atoms. The molecule has 0 rings (SSSR count). The van der Waals surface area contributed by atoms with Gasteiger partial charge in [-0.25, -0.2) is 0 Å². The second-order valence-corrected chi connectivity index (χ2v) is 1.08. The van der Waals surface area contributed by atoms with Crippen molar-refractivity contribution in [2.24, 2.45) is 0 Å². The Balaban J connectivity index is -0.0000000886. The lowest BCUT2D eigenvalue weighted by molar-refractivity contribution is -0.303. The molecular weight excluding hydrogens is 156 g/mol. The Labute approximate surface area is 63.1 Å². The molecule has 0 N–H and O–H groups in total. The normalized spacial score (nSPS) is 5.64. The van der Waals surface area contributed by atoms with Crippen LogP contribution in [-0.4, -0.2) is 18.4 Å². The van der Waals surface area contributed by atoms with Crippen LogP contribution in [-0.2, 0) is 14.4 Å². The first-order chi connectivity index (χ1) is 4.88. The van der Waals surface area contributed by atoms with Crippen LogP contribution in [0.15, 0.2) is 0 Å². The van der Waals surface area contributed by atoms with Crippen molar-refractivity contribution in [1.82, 2.24) is 0 Å². The summed E-state index contributed by atoms with van der Waals surface area (Å²) in [7, 11) is 0. The van der Waals surface area contributed by atoms with Gasteiger partial charge in [-0.3, -0.25) is 0 Å². The average molecular weight is 163 g/mol. The monoisotopic (exact) mass is 163 g/mol. The minimum absolute atomic E-state index is 0.500. The summed E-state index contributed by atoms with van der Waals surface area (Å²) >= 11 is 0. The smallest absolute Gasteiger partial charge is 0.0383 e. The zero-order chi connectivity index (χ0) is 9.86. The fraction of sp³-hybridized carbons (Fsp3) is 0.400. The third kappa shape index (κ3) is 137. The predicted octanol–water partition coefficient (Wildman–Crippen LogP) is -4.12. The van der Waals surface area contributed by atoms with Gasteiger partial charge in [0.05, 0.1) is 0 Å². The van der Waals surface area contributed by atoms with Crippen LogP contribution in [0, 0.1) is 0 Å². The van der Waals surface area contributed by atoms with Crippen molar-refractivity contribution in [2.45, 2.75) is 13.8 Å². The summed E-state index contributed by atoms with van der Waals surface area (Å²) in [5.41, 5.74) is 0. The molecule has 0 aliphatic heterocycles. The van der Waals surface area contributed by atoms with Crippen molar-refractivity contribution in [3.63, 3.8) is 0 Å². The summed E-state index contributed by atoms with van der Waals surface area (Å²) in [5, 5.41) is 26.0.